The molecule has 0 unspecified atom stereocenters. The van der Waals surface area contributed by atoms with Crippen molar-refractivity contribution in [3.05, 3.63) is 101 Å². The fourth-order valence-corrected chi connectivity index (χ4v) is 5.58. The van der Waals surface area contributed by atoms with Crippen LogP contribution in [0.2, 0.25) is 0 Å². The van der Waals surface area contributed by atoms with Crippen LogP contribution in [0.5, 0.6) is 11.6 Å². The standard InChI is InChI=1S/C24H16IN3O3S/c25-22-16-28(32(29,30)19-10-5-2-6-11-19)23-21(22)14-17(15-27-23)20-12-7-13-26-24(20)31-18-8-3-1-4-9-18/h1-16H. The summed E-state index contributed by atoms with van der Waals surface area (Å²) in [5.74, 6) is 1.13. The second-order valence-corrected chi connectivity index (χ2v) is 9.93. The molecule has 0 radical (unpaired) electrons. The lowest BCUT2D eigenvalue weighted by Crippen LogP contribution is -2.12. The van der Waals surface area contributed by atoms with Crippen LogP contribution in [0.4, 0.5) is 0 Å². The predicted molar refractivity (Wildman–Crippen MR) is 131 cm³/mol. The number of fused-ring (bicyclic) bond motifs is 1. The molecule has 6 nitrogen and oxygen atoms in total. The number of pyridine rings is 2. The van der Waals surface area contributed by atoms with Gasteiger partial charge in [0.1, 0.15) is 5.75 Å². The van der Waals surface area contributed by atoms with Gasteiger partial charge in [-0.05, 0) is 65.1 Å². The van der Waals surface area contributed by atoms with Gasteiger partial charge in [0.25, 0.3) is 10.0 Å². The van der Waals surface area contributed by atoms with Crippen molar-refractivity contribution in [2.24, 2.45) is 0 Å². The van der Waals surface area contributed by atoms with Gasteiger partial charge in [0.2, 0.25) is 5.88 Å². The summed E-state index contributed by atoms with van der Waals surface area (Å²) in [6, 6.07) is 23.4. The fraction of sp³-hybridized carbons (Fsp3) is 0. The first kappa shape index (κ1) is 20.7. The van der Waals surface area contributed by atoms with Crippen molar-refractivity contribution >= 4 is 43.6 Å². The Kier molecular flexibility index (Phi) is 5.40. The summed E-state index contributed by atoms with van der Waals surface area (Å²) in [6.45, 7) is 0. The highest BCUT2D eigenvalue weighted by atomic mass is 127. The molecule has 0 fully saturated rings. The molecule has 0 N–H and O–H groups in total. The molecule has 32 heavy (non-hydrogen) atoms. The van der Waals surface area contributed by atoms with Crippen LogP contribution in [0, 0.1) is 3.57 Å². The SMILES string of the molecule is O=S(=O)(c1ccccc1)n1cc(I)c2cc(-c3cccnc3Oc3ccccc3)cnc21. The summed E-state index contributed by atoms with van der Waals surface area (Å²) in [5, 5.41) is 0.733. The van der Waals surface area contributed by atoms with E-state index < -0.39 is 10.0 Å². The second-order valence-electron chi connectivity index (χ2n) is 6.96. The van der Waals surface area contributed by atoms with Crippen molar-refractivity contribution < 1.29 is 13.2 Å². The number of hydrogen-bond donors (Lipinski definition) is 0. The van der Waals surface area contributed by atoms with Crippen molar-refractivity contribution in [2.45, 2.75) is 4.90 Å². The Bertz CT molecular complexity index is 1520. The van der Waals surface area contributed by atoms with Gasteiger partial charge < -0.3 is 4.74 Å². The maximum atomic E-state index is 13.2. The summed E-state index contributed by atoms with van der Waals surface area (Å²) in [7, 11) is -3.76. The van der Waals surface area contributed by atoms with Gasteiger partial charge in [-0.2, -0.15) is 0 Å². The zero-order valence-corrected chi connectivity index (χ0v) is 19.6. The van der Waals surface area contributed by atoms with Gasteiger partial charge in [0, 0.05) is 38.7 Å². The van der Waals surface area contributed by atoms with E-state index in [4.69, 9.17) is 4.74 Å². The Balaban J connectivity index is 1.60. The number of hydrogen-bond acceptors (Lipinski definition) is 5. The fourth-order valence-electron chi connectivity index (χ4n) is 3.37. The Morgan fingerprint density at radius 1 is 0.875 bits per heavy atom. The number of nitrogens with zero attached hydrogens (tertiary/aromatic N) is 3. The minimum atomic E-state index is -3.76. The largest absolute Gasteiger partial charge is 0.438 e. The third kappa shape index (κ3) is 3.76. The zero-order valence-electron chi connectivity index (χ0n) is 16.6. The molecule has 0 spiro atoms. The van der Waals surface area contributed by atoms with E-state index in [-0.39, 0.29) is 4.90 Å². The lowest BCUT2D eigenvalue weighted by molar-refractivity contribution is 0.465. The minimum Gasteiger partial charge on any atom is -0.438 e. The van der Waals surface area contributed by atoms with Crippen LogP contribution in [0.3, 0.4) is 0 Å². The van der Waals surface area contributed by atoms with Crippen LogP contribution in [0.25, 0.3) is 22.2 Å². The van der Waals surface area contributed by atoms with E-state index in [1.807, 2.05) is 48.5 Å². The minimum absolute atomic E-state index is 0.213. The first-order valence-electron chi connectivity index (χ1n) is 9.69. The molecule has 0 amide bonds. The number of halogens is 1. The van der Waals surface area contributed by atoms with Gasteiger partial charge in [-0.15, -0.1) is 0 Å². The highest BCUT2D eigenvalue weighted by Gasteiger charge is 2.22. The van der Waals surface area contributed by atoms with Crippen LogP contribution in [-0.4, -0.2) is 22.4 Å². The summed E-state index contributed by atoms with van der Waals surface area (Å²) in [5.41, 5.74) is 1.92. The van der Waals surface area contributed by atoms with Crippen LogP contribution < -0.4 is 4.74 Å². The van der Waals surface area contributed by atoms with E-state index in [2.05, 4.69) is 32.6 Å². The Morgan fingerprint density at radius 3 is 2.34 bits per heavy atom. The molecular formula is C24H16IN3O3S. The predicted octanol–water partition coefficient (Wildman–Crippen LogP) is 5.73. The van der Waals surface area contributed by atoms with Crippen LogP contribution in [0.1, 0.15) is 0 Å². The monoisotopic (exact) mass is 553 g/mol. The van der Waals surface area contributed by atoms with E-state index >= 15 is 0 Å². The summed E-state index contributed by atoms with van der Waals surface area (Å²) in [4.78, 5) is 9.11. The molecule has 0 saturated heterocycles. The first-order valence-corrected chi connectivity index (χ1v) is 12.2. The molecule has 0 atom stereocenters. The molecule has 0 bridgehead atoms. The molecule has 0 aliphatic carbocycles. The number of para-hydroxylation sites is 1. The van der Waals surface area contributed by atoms with E-state index in [1.54, 1.807) is 48.9 Å². The van der Waals surface area contributed by atoms with Crippen molar-refractivity contribution in [2.75, 3.05) is 0 Å². The summed E-state index contributed by atoms with van der Waals surface area (Å²) < 4.78 is 34.3. The van der Waals surface area contributed by atoms with Gasteiger partial charge in [0.15, 0.2) is 5.65 Å². The van der Waals surface area contributed by atoms with Crippen molar-refractivity contribution in [1.29, 1.82) is 0 Å². The molecule has 5 rings (SSSR count). The number of aromatic nitrogens is 3. The second kappa shape index (κ2) is 8.36. The van der Waals surface area contributed by atoms with E-state index in [9.17, 15) is 8.42 Å². The lowest BCUT2D eigenvalue weighted by atomic mass is 10.1. The molecule has 0 aliphatic rings. The van der Waals surface area contributed by atoms with Crippen molar-refractivity contribution in [3.8, 4) is 22.8 Å². The normalized spacial score (nSPS) is 11.5. The molecule has 3 aromatic heterocycles. The number of benzene rings is 2. The highest BCUT2D eigenvalue weighted by molar-refractivity contribution is 14.1. The molecule has 158 valence electrons. The third-order valence-electron chi connectivity index (χ3n) is 4.90. The van der Waals surface area contributed by atoms with Crippen LogP contribution in [-0.2, 0) is 10.0 Å². The van der Waals surface area contributed by atoms with Gasteiger partial charge in [-0.25, -0.2) is 22.4 Å². The zero-order chi connectivity index (χ0) is 22.1. The number of ether oxygens (including phenoxy) is 1. The van der Waals surface area contributed by atoms with Gasteiger partial charge in [0.05, 0.1) is 4.90 Å². The molecule has 0 saturated carbocycles. The van der Waals surface area contributed by atoms with Crippen LogP contribution >= 0.6 is 22.6 Å². The molecule has 2 aromatic carbocycles. The van der Waals surface area contributed by atoms with Crippen LogP contribution in [0.15, 0.2) is 102 Å². The molecule has 8 heteroatoms. The summed E-state index contributed by atoms with van der Waals surface area (Å²) in [6.07, 6.45) is 4.90. The van der Waals surface area contributed by atoms with Crippen molar-refractivity contribution in [3.63, 3.8) is 0 Å². The van der Waals surface area contributed by atoms with Crippen molar-refractivity contribution in [1.82, 2.24) is 13.9 Å². The lowest BCUT2D eigenvalue weighted by Gasteiger charge is -2.10. The van der Waals surface area contributed by atoms with Gasteiger partial charge in [-0.3, -0.25) is 0 Å². The Hall–Kier alpha value is -3.24. The van der Waals surface area contributed by atoms with E-state index in [0.717, 1.165) is 20.1 Å². The molecular weight excluding hydrogens is 537 g/mol. The highest BCUT2D eigenvalue weighted by Crippen LogP contribution is 2.34. The first-order chi connectivity index (χ1) is 15.5. The van der Waals surface area contributed by atoms with E-state index in [0.29, 0.717) is 17.3 Å². The summed E-state index contributed by atoms with van der Waals surface area (Å²) >= 11 is 2.13. The average molecular weight is 553 g/mol. The Morgan fingerprint density at radius 2 is 1.59 bits per heavy atom. The number of rotatable bonds is 5. The molecule has 5 aromatic rings. The van der Waals surface area contributed by atoms with Gasteiger partial charge >= 0.3 is 0 Å². The quantitative estimate of drug-likeness (QED) is 0.260. The molecule has 0 aliphatic heterocycles. The average Bonchev–Trinajstić information content (AvgIpc) is 3.17. The topological polar surface area (TPSA) is 74.1 Å². The Labute approximate surface area is 198 Å². The maximum Gasteiger partial charge on any atom is 0.269 e. The molecule has 3 heterocycles. The van der Waals surface area contributed by atoms with E-state index in [1.165, 1.54) is 3.97 Å². The third-order valence-corrected chi connectivity index (χ3v) is 7.43. The maximum absolute atomic E-state index is 13.2. The smallest absolute Gasteiger partial charge is 0.269 e. The van der Waals surface area contributed by atoms with Gasteiger partial charge in [-0.1, -0.05) is 36.4 Å².